The van der Waals surface area contributed by atoms with Crippen LogP contribution in [0.3, 0.4) is 0 Å². The molecule has 8 aromatic carbocycles. The van der Waals surface area contributed by atoms with Gasteiger partial charge in [-0.1, -0.05) is 164 Å². The van der Waals surface area contributed by atoms with Gasteiger partial charge < -0.3 is 0 Å². The molecule has 0 fully saturated rings. The third-order valence-corrected chi connectivity index (χ3v) is 10.6. The molecule has 0 saturated carbocycles. The van der Waals surface area contributed by atoms with E-state index in [0.29, 0.717) is 17.5 Å². The predicted molar refractivity (Wildman–Crippen MR) is 224 cm³/mol. The number of benzene rings is 8. The second-order valence-corrected chi connectivity index (χ2v) is 13.9. The molecule has 3 heterocycles. The lowest BCUT2D eigenvalue weighted by Crippen LogP contribution is -2.00. The summed E-state index contributed by atoms with van der Waals surface area (Å²) < 4.78 is 2.34. The molecule has 1 aliphatic heterocycles. The summed E-state index contributed by atoms with van der Waals surface area (Å²) in [5.74, 6) is 2.83. The van der Waals surface area contributed by atoms with Gasteiger partial charge >= 0.3 is 0 Å². The Morgan fingerprint density at radius 1 is 0.309 bits per heavy atom. The second kappa shape index (κ2) is 12.6. The van der Waals surface area contributed by atoms with E-state index in [0.717, 1.165) is 61.3 Å². The van der Waals surface area contributed by atoms with Gasteiger partial charge in [0.15, 0.2) is 17.5 Å². The van der Waals surface area contributed by atoms with Gasteiger partial charge in [0, 0.05) is 33.4 Å². The van der Waals surface area contributed by atoms with Gasteiger partial charge in [0.05, 0.1) is 16.7 Å². The van der Waals surface area contributed by atoms with E-state index in [-0.39, 0.29) is 0 Å². The number of hydrogen-bond donors (Lipinski definition) is 0. The number of para-hydroxylation sites is 2. The van der Waals surface area contributed by atoms with Crippen LogP contribution in [-0.4, -0.2) is 24.5 Å². The Morgan fingerprint density at radius 2 is 0.855 bits per heavy atom. The minimum absolute atomic E-state index is 0.630. The molecule has 0 N–H and O–H groups in total. The van der Waals surface area contributed by atoms with Crippen molar-refractivity contribution in [2.24, 2.45) is 0 Å². The fraction of sp³-hybridized carbons (Fsp3) is 0. The summed E-state index contributed by atoms with van der Waals surface area (Å²) in [6.45, 7) is 0. The molecule has 10 aromatic rings. The summed E-state index contributed by atoms with van der Waals surface area (Å²) in [6, 6.07) is 65.8. The van der Waals surface area contributed by atoms with Gasteiger partial charge in [-0.15, -0.1) is 0 Å². The zero-order valence-corrected chi connectivity index (χ0v) is 29.6. The standard InChI is InChI=1S/C50H31N5/c1-2-13-34(14-3-1)47-52-48(54-49(53-47)39-29-26-32-12-4-5-15-36(32)31-39)38-17-10-16-37(30-38)33-24-27-35(28-25-33)50-51-44-22-11-21-43-41-19-7-6-18-40(41)42-20-8-9-23-45(42)55(50)46(43)44/h1-31H. The van der Waals surface area contributed by atoms with Gasteiger partial charge in [-0.2, -0.15) is 0 Å². The highest BCUT2D eigenvalue weighted by molar-refractivity contribution is 6.03. The topological polar surface area (TPSA) is 56.5 Å². The first kappa shape index (κ1) is 31.1. The molecule has 0 saturated heterocycles. The van der Waals surface area contributed by atoms with Crippen molar-refractivity contribution in [2.75, 3.05) is 0 Å². The predicted octanol–water partition coefficient (Wildman–Crippen LogP) is 12.3. The highest BCUT2D eigenvalue weighted by Gasteiger charge is 2.25. The number of hydrogen-bond acceptors (Lipinski definition) is 4. The third kappa shape index (κ3) is 5.24. The lowest BCUT2D eigenvalue weighted by molar-refractivity contribution is 1.07. The average molecular weight is 702 g/mol. The smallest absolute Gasteiger partial charge is 0.164 e. The Bertz CT molecular complexity index is 3090. The van der Waals surface area contributed by atoms with Crippen LogP contribution in [0.1, 0.15) is 0 Å². The van der Waals surface area contributed by atoms with Crippen LogP contribution in [0.4, 0.5) is 0 Å². The Morgan fingerprint density at radius 3 is 1.65 bits per heavy atom. The third-order valence-electron chi connectivity index (χ3n) is 10.6. The molecule has 5 nitrogen and oxygen atoms in total. The molecule has 55 heavy (non-hydrogen) atoms. The van der Waals surface area contributed by atoms with E-state index in [1.54, 1.807) is 0 Å². The normalized spacial score (nSPS) is 11.6. The summed E-state index contributed by atoms with van der Waals surface area (Å²) in [5.41, 5.74) is 14.1. The molecule has 0 amide bonds. The van der Waals surface area contributed by atoms with E-state index in [4.69, 9.17) is 19.9 Å². The summed E-state index contributed by atoms with van der Waals surface area (Å²) in [6.07, 6.45) is 0. The van der Waals surface area contributed by atoms with E-state index >= 15 is 0 Å². The average Bonchev–Trinajstić information content (AvgIpc) is 3.61. The van der Waals surface area contributed by atoms with Crippen molar-refractivity contribution < 1.29 is 0 Å². The van der Waals surface area contributed by atoms with Crippen LogP contribution >= 0.6 is 0 Å². The Labute approximate surface area is 317 Å². The van der Waals surface area contributed by atoms with Crippen LogP contribution in [0.2, 0.25) is 0 Å². The first-order chi connectivity index (χ1) is 27.2. The van der Waals surface area contributed by atoms with Crippen LogP contribution in [-0.2, 0) is 0 Å². The lowest BCUT2D eigenvalue weighted by atomic mass is 9.94. The Balaban J connectivity index is 1.00. The summed E-state index contributed by atoms with van der Waals surface area (Å²) >= 11 is 0. The van der Waals surface area contributed by atoms with Gasteiger partial charge in [-0.05, 0) is 57.3 Å². The molecule has 0 radical (unpaired) electrons. The van der Waals surface area contributed by atoms with E-state index in [2.05, 4.69) is 162 Å². The number of rotatable bonds is 5. The summed E-state index contributed by atoms with van der Waals surface area (Å²) in [5, 5.41) is 2.32. The Kier molecular flexibility index (Phi) is 7.10. The molecule has 1 aliphatic rings. The van der Waals surface area contributed by atoms with Gasteiger partial charge in [0.1, 0.15) is 5.82 Å². The van der Waals surface area contributed by atoms with Crippen molar-refractivity contribution in [3.05, 3.63) is 188 Å². The summed E-state index contributed by atoms with van der Waals surface area (Å²) in [7, 11) is 0. The zero-order chi connectivity index (χ0) is 36.3. The van der Waals surface area contributed by atoms with Crippen molar-refractivity contribution in [1.82, 2.24) is 24.5 Å². The molecular weight excluding hydrogens is 671 g/mol. The minimum Gasteiger partial charge on any atom is -0.291 e. The van der Waals surface area contributed by atoms with Crippen molar-refractivity contribution in [3.8, 4) is 84.6 Å². The number of fused-ring (bicyclic) bond motifs is 6. The molecule has 0 bridgehead atoms. The largest absolute Gasteiger partial charge is 0.291 e. The molecule has 0 unspecified atom stereocenters. The molecule has 0 aliphatic carbocycles. The first-order valence-electron chi connectivity index (χ1n) is 18.5. The van der Waals surface area contributed by atoms with Crippen LogP contribution in [0.25, 0.3) is 106 Å². The second-order valence-electron chi connectivity index (χ2n) is 13.9. The maximum Gasteiger partial charge on any atom is 0.164 e. The van der Waals surface area contributed by atoms with Gasteiger partial charge in [0.25, 0.3) is 0 Å². The van der Waals surface area contributed by atoms with Crippen molar-refractivity contribution in [3.63, 3.8) is 0 Å². The number of nitrogens with zero attached hydrogens (tertiary/aromatic N) is 5. The van der Waals surface area contributed by atoms with E-state index in [1.807, 2.05) is 30.3 Å². The van der Waals surface area contributed by atoms with E-state index < -0.39 is 0 Å². The quantitative estimate of drug-likeness (QED) is 0.179. The van der Waals surface area contributed by atoms with Crippen LogP contribution in [0.15, 0.2) is 188 Å². The van der Waals surface area contributed by atoms with Gasteiger partial charge in [-0.25, -0.2) is 19.9 Å². The van der Waals surface area contributed by atoms with Crippen LogP contribution < -0.4 is 0 Å². The Hall–Kier alpha value is -7.50. The molecule has 0 atom stereocenters. The molecule has 5 heteroatoms. The highest BCUT2D eigenvalue weighted by atomic mass is 15.1. The zero-order valence-electron chi connectivity index (χ0n) is 29.6. The molecule has 11 rings (SSSR count). The maximum atomic E-state index is 5.25. The van der Waals surface area contributed by atoms with Gasteiger partial charge in [-0.3, -0.25) is 4.57 Å². The minimum atomic E-state index is 0.630. The fourth-order valence-electron chi connectivity index (χ4n) is 7.95. The maximum absolute atomic E-state index is 5.25. The van der Waals surface area contributed by atoms with E-state index in [1.165, 1.54) is 27.6 Å². The molecular formula is C50H31N5. The van der Waals surface area contributed by atoms with Crippen LogP contribution in [0, 0.1) is 0 Å². The number of imidazole rings is 1. The number of aromatic nitrogens is 5. The van der Waals surface area contributed by atoms with Crippen LogP contribution in [0.5, 0.6) is 0 Å². The van der Waals surface area contributed by atoms with E-state index in [9.17, 15) is 0 Å². The molecule has 0 spiro atoms. The van der Waals surface area contributed by atoms with Gasteiger partial charge in [0.2, 0.25) is 0 Å². The fourth-order valence-corrected chi connectivity index (χ4v) is 7.95. The lowest BCUT2D eigenvalue weighted by Gasteiger charge is -2.13. The summed E-state index contributed by atoms with van der Waals surface area (Å²) in [4.78, 5) is 20.3. The van der Waals surface area contributed by atoms with Crippen molar-refractivity contribution >= 4 is 21.8 Å². The first-order valence-corrected chi connectivity index (χ1v) is 18.5. The molecule has 256 valence electrons. The SMILES string of the molecule is c1ccc(-c2nc(-c3cccc(-c4ccc(-c5nc6cccc7c6n5-c5ccccc5-c5ccccc5-7)cc4)c3)nc(-c3ccc4ccccc4c3)n2)cc1. The molecule has 2 aromatic heterocycles. The monoisotopic (exact) mass is 701 g/mol. The van der Waals surface area contributed by atoms with Crippen molar-refractivity contribution in [2.45, 2.75) is 0 Å². The highest BCUT2D eigenvalue weighted by Crippen LogP contribution is 2.45. The van der Waals surface area contributed by atoms with Crippen molar-refractivity contribution in [1.29, 1.82) is 0 Å².